The summed E-state index contributed by atoms with van der Waals surface area (Å²) < 4.78 is 7.44. The van der Waals surface area contributed by atoms with E-state index in [0.717, 1.165) is 19.4 Å². The molecule has 0 aliphatic carbocycles. The Morgan fingerprint density at radius 2 is 2.21 bits per heavy atom. The van der Waals surface area contributed by atoms with E-state index < -0.39 is 6.10 Å². The summed E-state index contributed by atoms with van der Waals surface area (Å²) >= 11 is 0. The Morgan fingerprint density at radius 3 is 2.88 bits per heavy atom. The Labute approximate surface area is 141 Å². The first kappa shape index (κ1) is 16.5. The summed E-state index contributed by atoms with van der Waals surface area (Å²) in [5, 5.41) is 23.3. The van der Waals surface area contributed by atoms with E-state index in [1.54, 1.807) is 24.3 Å². The number of benzene rings is 1. The lowest BCUT2D eigenvalue weighted by Gasteiger charge is -2.26. The summed E-state index contributed by atoms with van der Waals surface area (Å²) in [5.74, 6) is 0.665. The number of nitriles is 1. The second-order valence-electron chi connectivity index (χ2n) is 6.20. The van der Waals surface area contributed by atoms with Crippen LogP contribution in [0.5, 0.6) is 5.75 Å². The van der Waals surface area contributed by atoms with Gasteiger partial charge in [-0.3, -0.25) is 9.58 Å². The zero-order valence-electron chi connectivity index (χ0n) is 13.8. The molecule has 1 N–H and O–H groups in total. The van der Waals surface area contributed by atoms with Crippen molar-refractivity contribution in [2.24, 2.45) is 7.05 Å². The van der Waals surface area contributed by atoms with Crippen LogP contribution in [0.3, 0.4) is 0 Å². The molecule has 0 saturated carbocycles. The smallest absolute Gasteiger partial charge is 0.119 e. The molecule has 6 nitrogen and oxygen atoms in total. The van der Waals surface area contributed by atoms with Gasteiger partial charge in [0.05, 0.1) is 17.8 Å². The van der Waals surface area contributed by atoms with Gasteiger partial charge in [0.15, 0.2) is 0 Å². The molecule has 6 heteroatoms. The molecule has 126 valence electrons. The quantitative estimate of drug-likeness (QED) is 0.877. The first-order valence-corrected chi connectivity index (χ1v) is 8.19. The Morgan fingerprint density at radius 1 is 1.42 bits per heavy atom. The van der Waals surface area contributed by atoms with Crippen LogP contribution in [0.2, 0.25) is 0 Å². The number of aliphatic hydroxyl groups excluding tert-OH is 1. The van der Waals surface area contributed by atoms with Crippen LogP contribution in [-0.2, 0) is 7.05 Å². The predicted octanol–water partition coefficient (Wildman–Crippen LogP) is 1.87. The minimum absolute atomic E-state index is 0.238. The van der Waals surface area contributed by atoms with Crippen LogP contribution in [-0.4, -0.2) is 45.6 Å². The number of likely N-dealkylation sites (tertiary alicyclic amines) is 1. The van der Waals surface area contributed by atoms with Crippen molar-refractivity contribution in [3.8, 4) is 11.8 Å². The van der Waals surface area contributed by atoms with Gasteiger partial charge in [0.1, 0.15) is 18.5 Å². The lowest BCUT2D eigenvalue weighted by molar-refractivity contribution is 0.0638. The molecule has 1 fully saturated rings. The zero-order chi connectivity index (χ0) is 16.9. The summed E-state index contributed by atoms with van der Waals surface area (Å²) in [5.41, 5.74) is 1.80. The fourth-order valence-electron chi connectivity index (χ4n) is 3.18. The van der Waals surface area contributed by atoms with E-state index in [4.69, 9.17) is 10.00 Å². The van der Waals surface area contributed by atoms with Crippen LogP contribution >= 0.6 is 0 Å². The summed E-state index contributed by atoms with van der Waals surface area (Å²) in [6, 6.07) is 9.31. The van der Waals surface area contributed by atoms with Crippen molar-refractivity contribution < 1.29 is 9.84 Å². The van der Waals surface area contributed by atoms with Crippen LogP contribution < -0.4 is 4.74 Å². The average molecular weight is 326 g/mol. The number of hydrogen-bond donors (Lipinski definition) is 1. The maximum Gasteiger partial charge on any atom is 0.119 e. The van der Waals surface area contributed by atoms with Crippen LogP contribution in [0, 0.1) is 11.3 Å². The van der Waals surface area contributed by atoms with E-state index in [1.807, 2.05) is 24.1 Å². The van der Waals surface area contributed by atoms with E-state index in [1.165, 1.54) is 5.56 Å². The van der Waals surface area contributed by atoms with E-state index in [2.05, 4.69) is 16.1 Å². The molecule has 0 radical (unpaired) electrons. The van der Waals surface area contributed by atoms with E-state index in [9.17, 15) is 5.11 Å². The molecule has 0 unspecified atom stereocenters. The maximum absolute atomic E-state index is 10.3. The monoisotopic (exact) mass is 326 g/mol. The molecule has 0 spiro atoms. The summed E-state index contributed by atoms with van der Waals surface area (Å²) in [6.07, 6.45) is 5.61. The van der Waals surface area contributed by atoms with Gasteiger partial charge in [0, 0.05) is 31.4 Å². The molecular weight excluding hydrogens is 304 g/mol. The minimum Gasteiger partial charge on any atom is -0.491 e. The van der Waals surface area contributed by atoms with Crippen molar-refractivity contribution >= 4 is 0 Å². The highest BCUT2D eigenvalue weighted by Crippen LogP contribution is 2.31. The lowest BCUT2D eigenvalue weighted by Crippen LogP contribution is -2.35. The highest BCUT2D eigenvalue weighted by Gasteiger charge is 2.28. The second-order valence-corrected chi connectivity index (χ2v) is 6.20. The number of β-amino-alcohol motifs (C(OH)–C–C–N with tert-alkyl or cyclic N) is 1. The van der Waals surface area contributed by atoms with E-state index in [0.29, 0.717) is 23.9 Å². The number of aliphatic hydroxyl groups is 1. The topological polar surface area (TPSA) is 74.3 Å². The molecule has 2 atom stereocenters. The third kappa shape index (κ3) is 3.94. The minimum atomic E-state index is -0.557. The molecule has 2 heterocycles. The van der Waals surface area contributed by atoms with Gasteiger partial charge in [-0.25, -0.2) is 0 Å². The number of aryl methyl sites for hydroxylation is 1. The van der Waals surface area contributed by atoms with Crippen molar-refractivity contribution in [2.75, 3.05) is 19.7 Å². The van der Waals surface area contributed by atoms with Gasteiger partial charge in [0.2, 0.25) is 0 Å². The predicted molar refractivity (Wildman–Crippen MR) is 89.4 cm³/mol. The van der Waals surface area contributed by atoms with Gasteiger partial charge in [-0.05, 0) is 43.7 Å². The molecule has 0 bridgehead atoms. The van der Waals surface area contributed by atoms with Gasteiger partial charge >= 0.3 is 0 Å². The number of aromatic nitrogens is 2. The number of nitrogens with zero attached hydrogens (tertiary/aromatic N) is 4. The normalized spacial score (nSPS) is 19.1. The molecule has 2 aromatic rings. The third-order valence-corrected chi connectivity index (χ3v) is 4.34. The van der Waals surface area contributed by atoms with Crippen molar-refractivity contribution in [2.45, 2.75) is 25.0 Å². The fourth-order valence-corrected chi connectivity index (χ4v) is 3.18. The highest BCUT2D eigenvalue weighted by molar-refractivity contribution is 5.34. The third-order valence-electron chi connectivity index (χ3n) is 4.34. The van der Waals surface area contributed by atoms with Crippen LogP contribution in [0.15, 0.2) is 36.7 Å². The van der Waals surface area contributed by atoms with Crippen molar-refractivity contribution in [3.05, 3.63) is 47.8 Å². The molecule has 1 aromatic heterocycles. The number of hydrogen-bond acceptors (Lipinski definition) is 5. The standard InChI is InChI=1S/C18H22N4O2/c1-21-11-15(10-20-21)18-3-2-8-22(18)12-16(23)13-24-17-6-4-14(9-19)5-7-17/h4-7,10-11,16,18,23H,2-3,8,12-13H2,1H3/t16-,18-/m0/s1. The lowest BCUT2D eigenvalue weighted by atomic mass is 10.1. The number of rotatable bonds is 6. The van der Waals surface area contributed by atoms with Crippen LogP contribution in [0.4, 0.5) is 0 Å². The molecule has 24 heavy (non-hydrogen) atoms. The maximum atomic E-state index is 10.3. The van der Waals surface area contributed by atoms with Gasteiger partial charge in [-0.1, -0.05) is 0 Å². The zero-order valence-corrected chi connectivity index (χ0v) is 13.8. The number of ether oxygens (including phenoxy) is 1. The molecule has 1 saturated heterocycles. The summed E-state index contributed by atoms with van der Waals surface area (Å²) in [7, 11) is 1.92. The summed E-state index contributed by atoms with van der Waals surface area (Å²) in [4.78, 5) is 2.30. The Hall–Kier alpha value is -2.36. The molecule has 1 aliphatic rings. The van der Waals surface area contributed by atoms with Gasteiger partial charge in [-0.2, -0.15) is 10.4 Å². The first-order valence-electron chi connectivity index (χ1n) is 8.19. The molecule has 1 aliphatic heterocycles. The highest BCUT2D eigenvalue weighted by atomic mass is 16.5. The van der Waals surface area contributed by atoms with Crippen molar-refractivity contribution in [3.63, 3.8) is 0 Å². The SMILES string of the molecule is Cn1cc([C@@H]2CCCN2C[C@H](O)COc2ccc(C#N)cc2)cn1. The van der Waals surface area contributed by atoms with E-state index in [-0.39, 0.29) is 6.61 Å². The first-order chi connectivity index (χ1) is 11.7. The molecular formula is C18H22N4O2. The average Bonchev–Trinajstić information content (AvgIpc) is 3.22. The van der Waals surface area contributed by atoms with Crippen molar-refractivity contribution in [1.29, 1.82) is 5.26 Å². The second kappa shape index (κ2) is 7.47. The van der Waals surface area contributed by atoms with Gasteiger partial charge < -0.3 is 9.84 Å². The van der Waals surface area contributed by atoms with Crippen molar-refractivity contribution in [1.82, 2.24) is 14.7 Å². The Bertz CT molecular complexity index is 705. The van der Waals surface area contributed by atoms with Gasteiger partial charge in [-0.15, -0.1) is 0 Å². The van der Waals surface area contributed by atoms with Gasteiger partial charge in [0.25, 0.3) is 0 Å². The molecule has 1 aromatic carbocycles. The Balaban J connectivity index is 1.52. The molecule has 0 amide bonds. The van der Waals surface area contributed by atoms with Crippen LogP contribution in [0.25, 0.3) is 0 Å². The fraction of sp³-hybridized carbons (Fsp3) is 0.444. The van der Waals surface area contributed by atoms with Crippen LogP contribution in [0.1, 0.15) is 30.0 Å². The Kier molecular flexibility index (Phi) is 5.14. The molecule has 3 rings (SSSR count). The largest absolute Gasteiger partial charge is 0.491 e. The van der Waals surface area contributed by atoms with E-state index >= 15 is 0 Å². The summed E-state index contributed by atoms with van der Waals surface area (Å²) in [6.45, 7) is 1.80.